The molecule has 0 spiro atoms. The predicted octanol–water partition coefficient (Wildman–Crippen LogP) is 1.59. The van der Waals surface area contributed by atoms with E-state index in [-0.39, 0.29) is 0 Å². The van der Waals surface area contributed by atoms with Gasteiger partial charge in [0.15, 0.2) is 0 Å². The highest BCUT2D eigenvalue weighted by Gasteiger charge is 2.24. The number of hydrogen-bond acceptors (Lipinski definition) is 3. The van der Waals surface area contributed by atoms with Crippen LogP contribution in [-0.4, -0.2) is 51.8 Å². The van der Waals surface area contributed by atoms with E-state index in [0.29, 0.717) is 11.5 Å². The normalized spacial score (nSPS) is 17.8. The monoisotopic (exact) mass is 216 g/mol. The number of methoxy groups -OCH3 is 1. The van der Waals surface area contributed by atoms with Crippen molar-refractivity contribution >= 4 is 0 Å². The molecule has 0 aromatic heterocycles. The lowest BCUT2D eigenvalue weighted by Crippen LogP contribution is -2.44. The molecule has 0 fully saturated rings. The first-order chi connectivity index (χ1) is 6.99. The number of nitrogens with zero attached hydrogens (tertiary/aromatic N) is 1. The minimum atomic E-state index is 0.353. The second kappa shape index (κ2) is 7.20. The summed E-state index contributed by atoms with van der Waals surface area (Å²) in [4.78, 5) is 2.38. The first-order valence-corrected chi connectivity index (χ1v) is 5.83. The quantitative estimate of drug-likeness (QED) is 0.667. The summed E-state index contributed by atoms with van der Waals surface area (Å²) < 4.78 is 5.18. The molecule has 0 rings (SSSR count). The summed E-state index contributed by atoms with van der Waals surface area (Å²) in [6.07, 6.45) is 1.19. The zero-order valence-corrected chi connectivity index (χ0v) is 11.3. The van der Waals surface area contributed by atoms with E-state index in [0.717, 1.165) is 19.7 Å². The number of rotatable bonds is 8. The van der Waals surface area contributed by atoms with Gasteiger partial charge in [-0.05, 0) is 32.9 Å². The first-order valence-electron chi connectivity index (χ1n) is 5.83. The zero-order valence-electron chi connectivity index (χ0n) is 11.3. The smallest absolute Gasteiger partial charge is 0.0615 e. The minimum Gasteiger partial charge on any atom is -0.383 e. The van der Waals surface area contributed by atoms with Crippen LogP contribution >= 0.6 is 0 Å². The van der Waals surface area contributed by atoms with Crippen molar-refractivity contribution in [3.63, 3.8) is 0 Å². The molecule has 0 aliphatic rings. The maximum absolute atomic E-state index is 5.18. The topological polar surface area (TPSA) is 24.5 Å². The highest BCUT2D eigenvalue weighted by atomic mass is 16.5. The number of hydrogen-bond donors (Lipinski definition) is 1. The summed E-state index contributed by atoms with van der Waals surface area (Å²) in [5.41, 5.74) is 0.353. The molecule has 2 unspecified atom stereocenters. The Bertz CT molecular complexity index is 164. The van der Waals surface area contributed by atoms with Gasteiger partial charge in [0.25, 0.3) is 0 Å². The molecule has 0 radical (unpaired) electrons. The van der Waals surface area contributed by atoms with Crippen molar-refractivity contribution in [1.82, 2.24) is 10.2 Å². The summed E-state index contributed by atoms with van der Waals surface area (Å²) >= 11 is 0. The Hall–Kier alpha value is -0.120. The molecule has 0 aromatic rings. The van der Waals surface area contributed by atoms with E-state index in [9.17, 15) is 0 Å². The number of nitrogens with one attached hydrogen (secondary N) is 1. The van der Waals surface area contributed by atoms with E-state index < -0.39 is 0 Å². The molecule has 3 heteroatoms. The van der Waals surface area contributed by atoms with Crippen molar-refractivity contribution in [1.29, 1.82) is 0 Å². The van der Waals surface area contributed by atoms with E-state index >= 15 is 0 Å². The van der Waals surface area contributed by atoms with Crippen LogP contribution in [0.25, 0.3) is 0 Å². The van der Waals surface area contributed by atoms with Gasteiger partial charge in [-0.25, -0.2) is 0 Å². The summed E-state index contributed by atoms with van der Waals surface area (Å²) in [6, 6.07) is 0.484. The fourth-order valence-electron chi connectivity index (χ4n) is 1.85. The van der Waals surface area contributed by atoms with Crippen LogP contribution < -0.4 is 5.32 Å². The summed E-state index contributed by atoms with van der Waals surface area (Å²) in [5, 5.41) is 3.28. The molecule has 15 heavy (non-hydrogen) atoms. The van der Waals surface area contributed by atoms with Gasteiger partial charge in [-0.3, -0.25) is 0 Å². The van der Waals surface area contributed by atoms with Crippen LogP contribution in [-0.2, 0) is 4.74 Å². The number of ether oxygens (including phenoxy) is 1. The van der Waals surface area contributed by atoms with E-state index in [4.69, 9.17) is 4.74 Å². The lowest BCUT2D eigenvalue weighted by atomic mass is 9.86. The van der Waals surface area contributed by atoms with Gasteiger partial charge in [0.05, 0.1) is 6.61 Å². The van der Waals surface area contributed by atoms with Crippen molar-refractivity contribution in [3.8, 4) is 0 Å². The maximum Gasteiger partial charge on any atom is 0.0615 e. The average molecular weight is 216 g/mol. The maximum atomic E-state index is 5.18. The van der Waals surface area contributed by atoms with Gasteiger partial charge >= 0.3 is 0 Å². The second-order valence-electron chi connectivity index (χ2n) is 4.91. The van der Waals surface area contributed by atoms with Gasteiger partial charge in [0.2, 0.25) is 0 Å². The van der Waals surface area contributed by atoms with Crippen LogP contribution in [0.4, 0.5) is 0 Å². The third-order valence-electron chi connectivity index (χ3n) is 3.25. The molecule has 0 saturated carbocycles. The Morgan fingerprint density at radius 3 is 2.47 bits per heavy atom. The van der Waals surface area contributed by atoms with Gasteiger partial charge in [-0.2, -0.15) is 0 Å². The Morgan fingerprint density at radius 2 is 2.07 bits per heavy atom. The lowest BCUT2D eigenvalue weighted by molar-refractivity contribution is 0.0843. The Labute approximate surface area is 95.2 Å². The Morgan fingerprint density at radius 1 is 1.47 bits per heavy atom. The predicted molar refractivity (Wildman–Crippen MR) is 66.3 cm³/mol. The van der Waals surface area contributed by atoms with Crippen molar-refractivity contribution in [2.75, 3.05) is 40.9 Å². The second-order valence-corrected chi connectivity index (χ2v) is 4.91. The largest absolute Gasteiger partial charge is 0.383 e. The fourth-order valence-corrected chi connectivity index (χ4v) is 1.85. The molecule has 2 atom stereocenters. The Kier molecular flexibility index (Phi) is 7.14. The summed E-state index contributed by atoms with van der Waals surface area (Å²) in [7, 11) is 5.96. The summed E-state index contributed by atoms with van der Waals surface area (Å²) in [6.45, 7) is 9.77. The van der Waals surface area contributed by atoms with Gasteiger partial charge in [0, 0.05) is 26.2 Å². The minimum absolute atomic E-state index is 0.353. The molecule has 1 N–H and O–H groups in total. The van der Waals surface area contributed by atoms with Crippen LogP contribution in [0, 0.1) is 5.41 Å². The third kappa shape index (κ3) is 5.50. The third-order valence-corrected chi connectivity index (χ3v) is 3.25. The van der Waals surface area contributed by atoms with Crippen molar-refractivity contribution in [2.24, 2.45) is 5.41 Å². The Balaban J connectivity index is 4.15. The van der Waals surface area contributed by atoms with E-state index in [1.54, 1.807) is 7.11 Å². The van der Waals surface area contributed by atoms with Crippen LogP contribution in [0.2, 0.25) is 0 Å². The molecule has 0 saturated heterocycles. The highest BCUT2D eigenvalue weighted by molar-refractivity contribution is 4.79. The molecular formula is C12H28N2O. The molecule has 0 aliphatic heterocycles. The van der Waals surface area contributed by atoms with Gasteiger partial charge in [-0.1, -0.05) is 13.8 Å². The number of likely N-dealkylation sites (N-methyl/N-ethyl adjacent to an activating group) is 1. The molecule has 0 bridgehead atoms. The molecule has 92 valence electrons. The van der Waals surface area contributed by atoms with Gasteiger partial charge in [0.1, 0.15) is 0 Å². The van der Waals surface area contributed by atoms with Gasteiger partial charge < -0.3 is 15.0 Å². The van der Waals surface area contributed by atoms with Crippen molar-refractivity contribution in [2.45, 2.75) is 33.2 Å². The van der Waals surface area contributed by atoms with E-state index in [2.05, 4.69) is 38.0 Å². The lowest BCUT2D eigenvalue weighted by Gasteiger charge is -2.35. The molecule has 0 heterocycles. The highest BCUT2D eigenvalue weighted by Crippen LogP contribution is 2.21. The molecule has 0 aromatic carbocycles. The first kappa shape index (κ1) is 14.9. The van der Waals surface area contributed by atoms with Gasteiger partial charge in [-0.15, -0.1) is 0 Å². The van der Waals surface area contributed by atoms with Crippen LogP contribution in [0.5, 0.6) is 0 Å². The summed E-state index contributed by atoms with van der Waals surface area (Å²) in [5.74, 6) is 0. The molecular weight excluding hydrogens is 188 g/mol. The average Bonchev–Trinajstić information content (AvgIpc) is 2.18. The van der Waals surface area contributed by atoms with Crippen molar-refractivity contribution < 1.29 is 4.74 Å². The zero-order chi connectivity index (χ0) is 11.9. The molecule has 0 aliphatic carbocycles. The SMILES string of the molecule is CCC(C)(CNC)CN(C)C(C)COC. The molecule has 3 nitrogen and oxygen atoms in total. The van der Waals surface area contributed by atoms with E-state index in [1.165, 1.54) is 6.42 Å². The standard InChI is InChI=1S/C12H28N2O/c1-7-12(3,9-13-4)10-14(5)11(2)8-15-6/h11,13H,7-10H2,1-6H3. The van der Waals surface area contributed by atoms with Crippen LogP contribution in [0.15, 0.2) is 0 Å². The van der Waals surface area contributed by atoms with Crippen LogP contribution in [0.1, 0.15) is 27.2 Å². The van der Waals surface area contributed by atoms with Crippen molar-refractivity contribution in [3.05, 3.63) is 0 Å². The van der Waals surface area contributed by atoms with E-state index in [1.807, 2.05) is 7.05 Å². The fraction of sp³-hybridized carbons (Fsp3) is 1.00. The van der Waals surface area contributed by atoms with Crippen LogP contribution in [0.3, 0.4) is 0 Å². The molecule has 0 amide bonds.